The van der Waals surface area contributed by atoms with Gasteiger partial charge in [0.15, 0.2) is 0 Å². The van der Waals surface area contributed by atoms with Gasteiger partial charge in [0.05, 0.1) is 5.69 Å². The molecule has 0 spiro atoms. The number of benzene rings is 1. The molecule has 1 N–H and O–H groups in total. The average Bonchev–Trinajstić information content (AvgIpc) is 2.65. The van der Waals surface area contributed by atoms with E-state index in [1.54, 1.807) is 23.0 Å². The lowest BCUT2D eigenvalue weighted by molar-refractivity contribution is 0.617. The zero-order chi connectivity index (χ0) is 12.4. The number of aromatic nitrogens is 2. The summed E-state index contributed by atoms with van der Waals surface area (Å²) in [5.74, 6) is 0.414. The quantitative estimate of drug-likeness (QED) is 0.882. The zero-order valence-corrected chi connectivity index (χ0v) is 10.2. The van der Waals surface area contributed by atoms with Crippen molar-refractivity contribution >= 4 is 5.95 Å². The van der Waals surface area contributed by atoms with E-state index in [9.17, 15) is 4.39 Å². The number of aryl methyl sites for hydroxylation is 1. The van der Waals surface area contributed by atoms with E-state index in [0.29, 0.717) is 11.6 Å². The van der Waals surface area contributed by atoms with Crippen molar-refractivity contribution in [3.63, 3.8) is 0 Å². The second kappa shape index (κ2) is 4.57. The SMILES string of the molecule is Cc1ccc(-n2ccnc2NC(C)C)c(F)c1. The van der Waals surface area contributed by atoms with Crippen LogP contribution in [0, 0.1) is 12.7 Å². The van der Waals surface area contributed by atoms with Crippen molar-refractivity contribution in [2.24, 2.45) is 0 Å². The molecule has 2 rings (SSSR count). The summed E-state index contributed by atoms with van der Waals surface area (Å²) in [7, 11) is 0. The molecule has 0 saturated heterocycles. The molecular weight excluding hydrogens is 217 g/mol. The zero-order valence-electron chi connectivity index (χ0n) is 10.2. The molecule has 4 heteroatoms. The molecule has 17 heavy (non-hydrogen) atoms. The molecule has 1 aromatic carbocycles. The van der Waals surface area contributed by atoms with Gasteiger partial charge in [-0.15, -0.1) is 0 Å². The Morgan fingerprint density at radius 3 is 2.76 bits per heavy atom. The first kappa shape index (κ1) is 11.6. The Morgan fingerprint density at radius 2 is 2.12 bits per heavy atom. The number of halogens is 1. The van der Waals surface area contributed by atoms with Gasteiger partial charge in [0.2, 0.25) is 5.95 Å². The topological polar surface area (TPSA) is 29.9 Å². The van der Waals surface area contributed by atoms with E-state index in [1.165, 1.54) is 6.07 Å². The number of nitrogens with zero attached hydrogens (tertiary/aromatic N) is 2. The molecular formula is C13H16FN3. The molecule has 0 unspecified atom stereocenters. The van der Waals surface area contributed by atoms with Crippen LogP contribution >= 0.6 is 0 Å². The van der Waals surface area contributed by atoms with Crippen molar-refractivity contribution in [2.45, 2.75) is 26.8 Å². The molecule has 2 aromatic rings. The third-order valence-electron chi connectivity index (χ3n) is 2.42. The van der Waals surface area contributed by atoms with Crippen LogP contribution in [-0.4, -0.2) is 15.6 Å². The molecule has 0 atom stereocenters. The number of hydrogen-bond acceptors (Lipinski definition) is 2. The Morgan fingerprint density at radius 1 is 1.35 bits per heavy atom. The summed E-state index contributed by atoms with van der Waals surface area (Å²) in [6.07, 6.45) is 3.41. The van der Waals surface area contributed by atoms with E-state index in [4.69, 9.17) is 0 Å². The highest BCUT2D eigenvalue weighted by Gasteiger charge is 2.09. The van der Waals surface area contributed by atoms with Crippen molar-refractivity contribution in [3.05, 3.63) is 42.0 Å². The van der Waals surface area contributed by atoms with E-state index < -0.39 is 0 Å². The Kier molecular flexibility index (Phi) is 3.13. The number of hydrogen-bond donors (Lipinski definition) is 1. The van der Waals surface area contributed by atoms with E-state index in [-0.39, 0.29) is 11.9 Å². The Hall–Kier alpha value is -1.84. The lowest BCUT2D eigenvalue weighted by Crippen LogP contribution is -2.14. The highest BCUT2D eigenvalue weighted by atomic mass is 19.1. The first-order valence-electron chi connectivity index (χ1n) is 5.64. The van der Waals surface area contributed by atoms with Crippen molar-refractivity contribution < 1.29 is 4.39 Å². The lowest BCUT2D eigenvalue weighted by atomic mass is 10.2. The lowest BCUT2D eigenvalue weighted by Gasteiger charge is -2.13. The molecule has 0 aliphatic carbocycles. The van der Waals surface area contributed by atoms with E-state index in [0.717, 1.165) is 5.56 Å². The van der Waals surface area contributed by atoms with Gasteiger partial charge in [-0.05, 0) is 38.5 Å². The fraction of sp³-hybridized carbons (Fsp3) is 0.308. The monoisotopic (exact) mass is 233 g/mol. The molecule has 0 aliphatic heterocycles. The molecule has 1 aromatic heterocycles. The Balaban J connectivity index is 2.42. The number of nitrogens with one attached hydrogen (secondary N) is 1. The maximum atomic E-state index is 13.9. The summed E-state index contributed by atoms with van der Waals surface area (Å²) < 4.78 is 15.6. The van der Waals surface area contributed by atoms with Gasteiger partial charge in [-0.25, -0.2) is 9.37 Å². The second-order valence-corrected chi connectivity index (χ2v) is 4.37. The molecule has 0 aliphatic rings. The van der Waals surface area contributed by atoms with Crippen molar-refractivity contribution in [3.8, 4) is 5.69 Å². The van der Waals surface area contributed by atoms with Crippen molar-refractivity contribution in [1.82, 2.24) is 9.55 Å². The van der Waals surface area contributed by atoms with Gasteiger partial charge in [-0.2, -0.15) is 0 Å². The van der Waals surface area contributed by atoms with Crippen LogP contribution in [0.3, 0.4) is 0 Å². The fourth-order valence-corrected chi connectivity index (χ4v) is 1.67. The van der Waals surface area contributed by atoms with Crippen LogP contribution in [0.1, 0.15) is 19.4 Å². The summed E-state index contributed by atoms with van der Waals surface area (Å²) in [4.78, 5) is 4.18. The summed E-state index contributed by atoms with van der Waals surface area (Å²) in [5.41, 5.74) is 1.42. The molecule has 0 amide bonds. The van der Waals surface area contributed by atoms with Crippen molar-refractivity contribution in [2.75, 3.05) is 5.32 Å². The Labute approximate surface area is 100 Å². The van der Waals surface area contributed by atoms with Crippen LogP contribution in [0.15, 0.2) is 30.6 Å². The number of anilines is 1. The van der Waals surface area contributed by atoms with E-state index in [2.05, 4.69) is 10.3 Å². The Bertz CT molecular complexity index is 517. The third-order valence-corrected chi connectivity index (χ3v) is 2.42. The normalized spacial score (nSPS) is 10.9. The fourth-order valence-electron chi connectivity index (χ4n) is 1.67. The maximum Gasteiger partial charge on any atom is 0.207 e. The van der Waals surface area contributed by atoms with Crippen LogP contribution in [-0.2, 0) is 0 Å². The first-order valence-corrected chi connectivity index (χ1v) is 5.64. The van der Waals surface area contributed by atoms with Gasteiger partial charge in [0.1, 0.15) is 5.82 Å². The number of rotatable bonds is 3. The standard InChI is InChI=1S/C13H16FN3/c1-9(2)16-13-15-6-7-17(13)12-5-4-10(3)8-11(12)14/h4-9H,1-3H3,(H,15,16). The molecule has 0 fully saturated rings. The highest BCUT2D eigenvalue weighted by molar-refractivity contribution is 5.44. The summed E-state index contributed by atoms with van der Waals surface area (Å²) in [6, 6.07) is 5.42. The van der Waals surface area contributed by atoms with Gasteiger partial charge in [0.25, 0.3) is 0 Å². The third kappa shape index (κ3) is 2.46. The van der Waals surface area contributed by atoms with Crippen LogP contribution in [0.4, 0.5) is 10.3 Å². The predicted molar refractivity (Wildman–Crippen MR) is 67.0 cm³/mol. The van der Waals surface area contributed by atoms with Crippen molar-refractivity contribution in [1.29, 1.82) is 0 Å². The van der Waals surface area contributed by atoms with Crippen LogP contribution in [0.2, 0.25) is 0 Å². The summed E-state index contributed by atoms with van der Waals surface area (Å²) >= 11 is 0. The number of imidazole rings is 1. The van der Waals surface area contributed by atoms with Gasteiger partial charge in [-0.3, -0.25) is 4.57 Å². The molecule has 0 bridgehead atoms. The molecule has 90 valence electrons. The average molecular weight is 233 g/mol. The van der Waals surface area contributed by atoms with Gasteiger partial charge < -0.3 is 5.32 Å². The largest absolute Gasteiger partial charge is 0.353 e. The smallest absolute Gasteiger partial charge is 0.207 e. The van der Waals surface area contributed by atoms with Gasteiger partial charge in [-0.1, -0.05) is 6.07 Å². The molecule has 3 nitrogen and oxygen atoms in total. The van der Waals surface area contributed by atoms with Gasteiger partial charge in [0, 0.05) is 18.4 Å². The van der Waals surface area contributed by atoms with Crippen LogP contribution in [0.5, 0.6) is 0 Å². The molecule has 0 radical (unpaired) electrons. The molecule has 0 saturated carbocycles. The second-order valence-electron chi connectivity index (χ2n) is 4.37. The summed E-state index contributed by atoms with van der Waals surface area (Å²) in [5, 5.41) is 3.18. The minimum absolute atomic E-state index is 0.241. The summed E-state index contributed by atoms with van der Waals surface area (Å²) in [6.45, 7) is 5.91. The van der Waals surface area contributed by atoms with E-state index >= 15 is 0 Å². The van der Waals surface area contributed by atoms with Crippen LogP contribution in [0.25, 0.3) is 5.69 Å². The highest BCUT2D eigenvalue weighted by Crippen LogP contribution is 2.19. The first-order chi connectivity index (χ1) is 8.08. The van der Waals surface area contributed by atoms with Crippen LogP contribution < -0.4 is 5.32 Å². The van der Waals surface area contributed by atoms with Gasteiger partial charge >= 0.3 is 0 Å². The molecule has 1 heterocycles. The minimum atomic E-state index is -0.241. The minimum Gasteiger partial charge on any atom is -0.353 e. The maximum absolute atomic E-state index is 13.9. The van der Waals surface area contributed by atoms with E-state index in [1.807, 2.05) is 26.8 Å². The predicted octanol–water partition coefficient (Wildman–Crippen LogP) is 3.14.